The second-order valence-corrected chi connectivity index (χ2v) is 5.51. The molecule has 0 aliphatic heterocycles. The molecule has 0 heterocycles. The van der Waals surface area contributed by atoms with Gasteiger partial charge in [0.25, 0.3) is 0 Å². The zero-order valence-electron chi connectivity index (χ0n) is 11.1. The van der Waals surface area contributed by atoms with Gasteiger partial charge in [0, 0.05) is 19.7 Å². The van der Waals surface area contributed by atoms with E-state index < -0.39 is 11.7 Å². The molecule has 0 radical (unpaired) electrons. The van der Waals surface area contributed by atoms with Crippen LogP contribution in [0, 0.1) is 5.92 Å². The molecule has 0 bridgehead atoms. The van der Waals surface area contributed by atoms with Crippen molar-refractivity contribution in [2.24, 2.45) is 5.92 Å². The van der Waals surface area contributed by atoms with E-state index in [9.17, 15) is 10.2 Å². The highest BCUT2D eigenvalue weighted by molar-refractivity contribution is 4.76. The number of hydrogen-bond acceptors (Lipinski definition) is 4. The van der Waals surface area contributed by atoms with Crippen molar-refractivity contribution >= 4 is 0 Å². The molecule has 0 saturated heterocycles. The Morgan fingerprint density at radius 2 is 2.18 bits per heavy atom. The maximum absolute atomic E-state index is 9.91. The maximum atomic E-state index is 9.91. The molecular formula is C13H27NO3. The van der Waals surface area contributed by atoms with Crippen LogP contribution >= 0.6 is 0 Å². The van der Waals surface area contributed by atoms with Crippen molar-refractivity contribution in [3.8, 4) is 0 Å². The lowest BCUT2D eigenvalue weighted by molar-refractivity contribution is 0.0214. The summed E-state index contributed by atoms with van der Waals surface area (Å²) in [6.07, 6.45) is 3.80. The molecule has 0 amide bonds. The molecule has 3 N–H and O–H groups in total. The predicted molar refractivity (Wildman–Crippen MR) is 68.0 cm³/mol. The van der Waals surface area contributed by atoms with Crippen LogP contribution in [-0.2, 0) is 4.74 Å². The summed E-state index contributed by atoms with van der Waals surface area (Å²) in [5, 5.41) is 22.6. The van der Waals surface area contributed by atoms with Gasteiger partial charge in [-0.15, -0.1) is 0 Å². The Labute approximate surface area is 104 Å². The molecule has 0 aromatic heterocycles. The quantitative estimate of drug-likeness (QED) is 0.535. The first-order valence-corrected chi connectivity index (χ1v) is 6.72. The summed E-state index contributed by atoms with van der Waals surface area (Å²) in [6, 6.07) is 0. The summed E-state index contributed by atoms with van der Waals surface area (Å²) in [6.45, 7) is 6.03. The van der Waals surface area contributed by atoms with Crippen LogP contribution in [0.1, 0.15) is 39.5 Å². The molecule has 1 saturated carbocycles. The van der Waals surface area contributed by atoms with Gasteiger partial charge in [0.1, 0.15) is 0 Å². The van der Waals surface area contributed by atoms with E-state index in [4.69, 9.17) is 4.74 Å². The summed E-state index contributed by atoms with van der Waals surface area (Å²) < 4.78 is 5.40. The number of ether oxygens (including phenoxy) is 1. The monoisotopic (exact) mass is 245 g/mol. The summed E-state index contributed by atoms with van der Waals surface area (Å²) in [5.74, 6) is 0.737. The van der Waals surface area contributed by atoms with Crippen LogP contribution in [-0.4, -0.2) is 48.2 Å². The normalized spacial score (nSPS) is 21.2. The van der Waals surface area contributed by atoms with Gasteiger partial charge in [-0.3, -0.25) is 0 Å². The Bertz CT molecular complexity index is 205. The van der Waals surface area contributed by atoms with E-state index in [2.05, 4.69) is 12.2 Å². The van der Waals surface area contributed by atoms with Crippen molar-refractivity contribution in [3.05, 3.63) is 0 Å². The van der Waals surface area contributed by atoms with Gasteiger partial charge >= 0.3 is 0 Å². The van der Waals surface area contributed by atoms with E-state index in [0.29, 0.717) is 19.7 Å². The smallest absolute Gasteiger partial charge is 0.0897 e. The Morgan fingerprint density at radius 3 is 2.76 bits per heavy atom. The van der Waals surface area contributed by atoms with E-state index in [1.54, 1.807) is 0 Å². The Morgan fingerprint density at radius 1 is 1.47 bits per heavy atom. The maximum Gasteiger partial charge on any atom is 0.0897 e. The highest BCUT2D eigenvalue weighted by Crippen LogP contribution is 2.28. The number of rotatable bonds is 10. The van der Waals surface area contributed by atoms with Gasteiger partial charge in [0.2, 0.25) is 0 Å². The number of aliphatic hydroxyl groups is 2. The number of nitrogens with one attached hydrogen (secondary N) is 1. The highest BCUT2D eigenvalue weighted by Gasteiger charge is 2.22. The minimum Gasteiger partial charge on any atom is -0.389 e. The third kappa shape index (κ3) is 7.71. The zero-order chi connectivity index (χ0) is 12.7. The van der Waals surface area contributed by atoms with Gasteiger partial charge in [-0.2, -0.15) is 0 Å². The third-order valence-corrected chi connectivity index (χ3v) is 3.04. The van der Waals surface area contributed by atoms with Crippen LogP contribution in [0.5, 0.6) is 0 Å². The van der Waals surface area contributed by atoms with Gasteiger partial charge in [-0.05, 0) is 32.1 Å². The van der Waals surface area contributed by atoms with Crippen molar-refractivity contribution < 1.29 is 14.9 Å². The number of aliphatic hydroxyl groups excluding tert-OH is 1. The summed E-state index contributed by atoms with van der Waals surface area (Å²) in [7, 11) is 0. The minimum atomic E-state index is -0.677. The minimum absolute atomic E-state index is 0.388. The Balaban J connectivity index is 1.96. The molecule has 0 aromatic carbocycles. The highest BCUT2D eigenvalue weighted by atomic mass is 16.5. The van der Waals surface area contributed by atoms with Crippen LogP contribution in [0.3, 0.4) is 0 Å². The first-order chi connectivity index (χ1) is 8.03. The molecule has 1 aliphatic rings. The van der Waals surface area contributed by atoms with E-state index in [1.807, 2.05) is 6.92 Å². The summed E-state index contributed by atoms with van der Waals surface area (Å²) in [4.78, 5) is 0. The molecule has 4 nitrogen and oxygen atoms in total. The fourth-order valence-electron chi connectivity index (χ4n) is 1.85. The van der Waals surface area contributed by atoms with E-state index in [1.165, 1.54) is 12.8 Å². The largest absolute Gasteiger partial charge is 0.389 e. The first kappa shape index (κ1) is 14.9. The summed E-state index contributed by atoms with van der Waals surface area (Å²) in [5.41, 5.74) is -0.677. The van der Waals surface area contributed by atoms with E-state index >= 15 is 0 Å². The van der Waals surface area contributed by atoms with Crippen LogP contribution in [0.25, 0.3) is 0 Å². The Hall–Kier alpha value is -0.160. The van der Waals surface area contributed by atoms with Crippen LogP contribution < -0.4 is 5.32 Å². The van der Waals surface area contributed by atoms with Crippen LogP contribution in [0.4, 0.5) is 0 Å². The molecule has 2 unspecified atom stereocenters. The molecule has 0 aromatic rings. The average Bonchev–Trinajstić information content (AvgIpc) is 3.01. The standard InChI is InChI=1S/C13H27NO3/c1-3-6-13(2,16)10-14-7-12(15)9-17-8-11-4-5-11/h11-12,14-16H,3-10H2,1-2H3. The second-order valence-electron chi connectivity index (χ2n) is 5.51. The fourth-order valence-corrected chi connectivity index (χ4v) is 1.85. The first-order valence-electron chi connectivity index (χ1n) is 6.72. The van der Waals surface area contributed by atoms with Crippen molar-refractivity contribution in [2.75, 3.05) is 26.3 Å². The summed E-state index contributed by atoms with van der Waals surface area (Å²) >= 11 is 0. The van der Waals surface area contributed by atoms with Gasteiger partial charge in [-0.25, -0.2) is 0 Å². The van der Waals surface area contributed by atoms with E-state index in [-0.39, 0.29) is 0 Å². The molecule has 2 atom stereocenters. The molecule has 1 fully saturated rings. The lowest BCUT2D eigenvalue weighted by Gasteiger charge is -2.23. The Kier molecular flexibility index (Phi) is 6.41. The predicted octanol–water partition coefficient (Wildman–Crippen LogP) is 0.915. The lowest BCUT2D eigenvalue weighted by Crippen LogP contribution is -2.41. The molecular weight excluding hydrogens is 218 g/mol. The molecule has 17 heavy (non-hydrogen) atoms. The van der Waals surface area contributed by atoms with E-state index in [0.717, 1.165) is 25.4 Å². The third-order valence-electron chi connectivity index (χ3n) is 3.04. The number of hydrogen-bond donors (Lipinski definition) is 3. The average molecular weight is 245 g/mol. The van der Waals surface area contributed by atoms with Crippen molar-refractivity contribution in [1.29, 1.82) is 0 Å². The van der Waals surface area contributed by atoms with Gasteiger partial charge in [0.05, 0.1) is 18.3 Å². The van der Waals surface area contributed by atoms with Crippen LogP contribution in [0.2, 0.25) is 0 Å². The van der Waals surface area contributed by atoms with Crippen LogP contribution in [0.15, 0.2) is 0 Å². The molecule has 0 spiro atoms. The molecule has 4 heteroatoms. The lowest BCUT2D eigenvalue weighted by atomic mass is 10.0. The SMILES string of the molecule is CCCC(C)(O)CNCC(O)COCC1CC1. The van der Waals surface area contributed by atoms with Gasteiger partial charge in [-0.1, -0.05) is 13.3 Å². The topological polar surface area (TPSA) is 61.7 Å². The van der Waals surface area contributed by atoms with Gasteiger partial charge in [0.15, 0.2) is 0 Å². The second kappa shape index (κ2) is 7.31. The fraction of sp³-hybridized carbons (Fsp3) is 1.00. The zero-order valence-corrected chi connectivity index (χ0v) is 11.1. The van der Waals surface area contributed by atoms with Gasteiger partial charge < -0.3 is 20.3 Å². The molecule has 102 valence electrons. The van der Waals surface area contributed by atoms with Crippen molar-refractivity contribution in [1.82, 2.24) is 5.32 Å². The molecule has 1 aliphatic carbocycles. The molecule has 1 rings (SSSR count). The van der Waals surface area contributed by atoms with Crippen molar-refractivity contribution in [3.63, 3.8) is 0 Å². The van der Waals surface area contributed by atoms with Crippen molar-refractivity contribution in [2.45, 2.75) is 51.2 Å².